The average Bonchev–Trinajstić information content (AvgIpc) is 2.68. The van der Waals surface area contributed by atoms with E-state index in [0.717, 1.165) is 18.6 Å². The highest BCUT2D eigenvalue weighted by Crippen LogP contribution is 2.36. The molecule has 0 radical (unpaired) electrons. The van der Waals surface area contributed by atoms with Crippen molar-refractivity contribution in [3.8, 4) is 0 Å². The third-order valence-electron chi connectivity index (χ3n) is 4.15. The number of amides is 1. The Balaban J connectivity index is 1.74. The van der Waals surface area contributed by atoms with Crippen LogP contribution in [-0.4, -0.2) is 43.0 Å². The molecule has 1 spiro atoms. The summed E-state index contributed by atoms with van der Waals surface area (Å²) >= 11 is 1.70. The molecule has 2 atom stereocenters. The van der Waals surface area contributed by atoms with Crippen molar-refractivity contribution in [3.63, 3.8) is 0 Å². The molecule has 0 aromatic rings. The summed E-state index contributed by atoms with van der Waals surface area (Å²) in [5, 5.41) is 2.99. The molecule has 20 heavy (non-hydrogen) atoms. The smallest absolute Gasteiger partial charge is 0.223 e. The number of thioether (sulfide) groups is 1. The van der Waals surface area contributed by atoms with Gasteiger partial charge in [-0.1, -0.05) is 19.8 Å². The molecule has 0 aromatic heterocycles. The van der Waals surface area contributed by atoms with E-state index in [0.29, 0.717) is 13.2 Å². The van der Waals surface area contributed by atoms with Crippen molar-refractivity contribution in [2.24, 2.45) is 5.92 Å². The van der Waals surface area contributed by atoms with Crippen molar-refractivity contribution < 1.29 is 14.3 Å². The second-order valence-electron chi connectivity index (χ2n) is 5.98. The lowest BCUT2D eigenvalue weighted by atomic mass is 10.1. The quantitative estimate of drug-likeness (QED) is 0.848. The van der Waals surface area contributed by atoms with Gasteiger partial charge in [0.2, 0.25) is 5.91 Å². The van der Waals surface area contributed by atoms with Gasteiger partial charge in [0.25, 0.3) is 0 Å². The minimum absolute atomic E-state index is 0.0125. The molecule has 116 valence electrons. The van der Waals surface area contributed by atoms with E-state index in [1.54, 1.807) is 11.8 Å². The zero-order chi connectivity index (χ0) is 14.4. The van der Waals surface area contributed by atoms with Crippen molar-refractivity contribution in [2.75, 3.05) is 25.2 Å². The highest BCUT2D eigenvalue weighted by atomic mass is 32.2. The average molecular weight is 301 g/mol. The standard InChI is InChI=1S/C15H27NO3S/c1-12(11-20-2)14(17)16-9-13-10-18-15(19-13)7-5-3-4-6-8-15/h12-13H,3-11H2,1-2H3,(H,16,17)/t12-,13+/m0/s1. The van der Waals surface area contributed by atoms with Crippen molar-refractivity contribution in [3.05, 3.63) is 0 Å². The van der Waals surface area contributed by atoms with E-state index in [1.807, 2.05) is 13.2 Å². The second kappa shape index (κ2) is 7.66. The Morgan fingerprint density at radius 3 is 2.70 bits per heavy atom. The van der Waals surface area contributed by atoms with Crippen LogP contribution in [0.2, 0.25) is 0 Å². The van der Waals surface area contributed by atoms with Crippen molar-refractivity contribution in [2.45, 2.75) is 57.3 Å². The lowest BCUT2D eigenvalue weighted by molar-refractivity contribution is -0.175. The fraction of sp³-hybridized carbons (Fsp3) is 0.933. The molecule has 1 saturated carbocycles. The first-order valence-corrected chi connectivity index (χ1v) is 9.13. The molecular formula is C15H27NO3S. The molecule has 1 aliphatic heterocycles. The summed E-state index contributed by atoms with van der Waals surface area (Å²) in [4.78, 5) is 11.9. The van der Waals surface area contributed by atoms with Gasteiger partial charge in [0.1, 0.15) is 6.10 Å². The SMILES string of the molecule is CSC[C@H](C)C(=O)NC[C@@H]1COC2(CCCCCC2)O1. The lowest BCUT2D eigenvalue weighted by Crippen LogP contribution is -2.38. The number of carbonyl (C=O) groups excluding carboxylic acids is 1. The molecule has 0 bridgehead atoms. The molecule has 1 saturated heterocycles. The Hall–Kier alpha value is -0.260. The van der Waals surface area contributed by atoms with E-state index >= 15 is 0 Å². The monoisotopic (exact) mass is 301 g/mol. The summed E-state index contributed by atoms with van der Waals surface area (Å²) in [6.45, 7) is 3.14. The van der Waals surface area contributed by atoms with Crippen LogP contribution in [-0.2, 0) is 14.3 Å². The van der Waals surface area contributed by atoms with Crippen LogP contribution in [0, 0.1) is 5.92 Å². The van der Waals surface area contributed by atoms with Gasteiger partial charge in [-0.2, -0.15) is 11.8 Å². The minimum Gasteiger partial charge on any atom is -0.353 e. The van der Waals surface area contributed by atoms with E-state index in [9.17, 15) is 4.79 Å². The molecule has 1 aliphatic carbocycles. The van der Waals surface area contributed by atoms with Crippen LogP contribution in [0.5, 0.6) is 0 Å². The van der Waals surface area contributed by atoms with Crippen LogP contribution in [0.25, 0.3) is 0 Å². The van der Waals surface area contributed by atoms with Crippen molar-refractivity contribution in [1.82, 2.24) is 5.32 Å². The van der Waals surface area contributed by atoms with E-state index in [4.69, 9.17) is 9.47 Å². The first kappa shape index (κ1) is 16.1. The topological polar surface area (TPSA) is 47.6 Å². The van der Waals surface area contributed by atoms with Crippen molar-refractivity contribution >= 4 is 17.7 Å². The second-order valence-corrected chi connectivity index (χ2v) is 6.89. The zero-order valence-electron chi connectivity index (χ0n) is 12.7. The van der Waals surface area contributed by atoms with Gasteiger partial charge in [-0.25, -0.2) is 0 Å². The fourth-order valence-corrected chi connectivity index (χ4v) is 3.61. The molecule has 2 rings (SSSR count). The molecule has 2 aliphatic rings. The fourth-order valence-electron chi connectivity index (χ4n) is 2.96. The van der Waals surface area contributed by atoms with Crippen LogP contribution >= 0.6 is 11.8 Å². The molecule has 1 N–H and O–H groups in total. The van der Waals surface area contributed by atoms with Gasteiger partial charge in [-0.15, -0.1) is 0 Å². The van der Waals surface area contributed by atoms with Crippen LogP contribution in [0.3, 0.4) is 0 Å². The van der Waals surface area contributed by atoms with E-state index in [1.165, 1.54) is 25.7 Å². The minimum atomic E-state index is -0.350. The Morgan fingerprint density at radius 2 is 2.05 bits per heavy atom. The van der Waals surface area contributed by atoms with Gasteiger partial charge in [-0.05, 0) is 19.1 Å². The number of rotatable bonds is 5. The van der Waals surface area contributed by atoms with E-state index in [-0.39, 0.29) is 23.7 Å². The predicted molar refractivity (Wildman–Crippen MR) is 81.8 cm³/mol. The number of ether oxygens (including phenoxy) is 2. The van der Waals surface area contributed by atoms with Crippen LogP contribution < -0.4 is 5.32 Å². The summed E-state index contributed by atoms with van der Waals surface area (Å²) in [6, 6.07) is 0. The van der Waals surface area contributed by atoms with Crippen molar-refractivity contribution in [1.29, 1.82) is 0 Å². The summed E-state index contributed by atoms with van der Waals surface area (Å²) in [7, 11) is 0. The largest absolute Gasteiger partial charge is 0.353 e. The highest BCUT2D eigenvalue weighted by molar-refractivity contribution is 7.98. The molecular weight excluding hydrogens is 274 g/mol. The number of hydrogen-bond acceptors (Lipinski definition) is 4. The first-order chi connectivity index (χ1) is 9.65. The molecule has 0 aromatic carbocycles. The Kier molecular flexibility index (Phi) is 6.18. The van der Waals surface area contributed by atoms with Gasteiger partial charge in [0, 0.05) is 31.1 Å². The van der Waals surface area contributed by atoms with Gasteiger partial charge >= 0.3 is 0 Å². The molecule has 4 nitrogen and oxygen atoms in total. The summed E-state index contributed by atoms with van der Waals surface area (Å²) < 4.78 is 12.1. The normalized spacial score (nSPS) is 27.2. The summed E-state index contributed by atoms with van der Waals surface area (Å²) in [6.07, 6.45) is 8.96. The number of hydrogen-bond donors (Lipinski definition) is 1. The third kappa shape index (κ3) is 4.37. The first-order valence-electron chi connectivity index (χ1n) is 7.74. The molecule has 1 amide bonds. The van der Waals surface area contributed by atoms with Gasteiger partial charge in [0.05, 0.1) is 6.61 Å². The lowest BCUT2D eigenvalue weighted by Gasteiger charge is -2.26. The Bertz CT molecular complexity index is 316. The van der Waals surface area contributed by atoms with Crippen LogP contribution in [0.1, 0.15) is 45.4 Å². The molecule has 5 heteroatoms. The molecule has 2 fully saturated rings. The summed E-state index contributed by atoms with van der Waals surface area (Å²) in [5.41, 5.74) is 0. The highest BCUT2D eigenvalue weighted by Gasteiger charge is 2.41. The van der Waals surface area contributed by atoms with Gasteiger partial charge < -0.3 is 14.8 Å². The third-order valence-corrected chi connectivity index (χ3v) is 4.98. The summed E-state index contributed by atoms with van der Waals surface area (Å²) in [5.74, 6) is 0.679. The van der Waals surface area contributed by atoms with Gasteiger partial charge in [-0.3, -0.25) is 4.79 Å². The van der Waals surface area contributed by atoms with E-state index < -0.39 is 0 Å². The Morgan fingerprint density at radius 1 is 1.35 bits per heavy atom. The van der Waals surface area contributed by atoms with Crippen LogP contribution in [0.4, 0.5) is 0 Å². The maximum atomic E-state index is 11.9. The maximum Gasteiger partial charge on any atom is 0.223 e. The van der Waals surface area contributed by atoms with E-state index in [2.05, 4.69) is 5.32 Å². The van der Waals surface area contributed by atoms with Crippen LogP contribution in [0.15, 0.2) is 0 Å². The molecule has 1 heterocycles. The maximum absolute atomic E-state index is 11.9. The predicted octanol–water partition coefficient (Wildman–Crippen LogP) is 2.57. The number of nitrogens with one attached hydrogen (secondary N) is 1. The number of carbonyl (C=O) groups is 1. The van der Waals surface area contributed by atoms with Gasteiger partial charge in [0.15, 0.2) is 5.79 Å². The Labute approximate surface area is 126 Å². The zero-order valence-corrected chi connectivity index (χ0v) is 13.5. The molecule has 0 unspecified atom stereocenters.